The molecule has 0 saturated carbocycles. The van der Waals surface area contributed by atoms with Crippen molar-refractivity contribution < 1.29 is 5.11 Å². The van der Waals surface area contributed by atoms with Gasteiger partial charge in [0.15, 0.2) is 0 Å². The van der Waals surface area contributed by atoms with Gasteiger partial charge in [-0.05, 0) is 61.1 Å². The lowest BCUT2D eigenvalue weighted by atomic mass is 9.73. The predicted octanol–water partition coefficient (Wildman–Crippen LogP) is 2.84. The lowest BCUT2D eigenvalue weighted by molar-refractivity contribution is 0.00749. The molecule has 3 aliphatic rings. The molecule has 4 unspecified atom stereocenters. The van der Waals surface area contributed by atoms with Crippen LogP contribution in [0.2, 0.25) is 0 Å². The minimum absolute atomic E-state index is 0.0594. The first-order valence-corrected chi connectivity index (χ1v) is 8.37. The molecule has 120 valence electrons. The molecule has 3 saturated heterocycles. The molecule has 4 heteroatoms. The number of phenolic OH excluding ortho intramolecular Hbond substituents is 1. The summed E-state index contributed by atoms with van der Waals surface area (Å²) in [6.45, 7) is 6.18. The third kappa shape index (κ3) is 2.42. The standard InChI is InChI=1S/C19H23N3O/c1-2-12-11-22-8-6-13(12)9-18(22)19(20)15-5-7-21-17-4-3-14(23)10-16(15)17/h2-5,7,10,12-13,18-19,23H,1,6,8-9,11,20H2/t12?,13?,18?,19-/m1/s1. The van der Waals surface area contributed by atoms with Crippen LogP contribution in [0.1, 0.15) is 24.4 Å². The van der Waals surface area contributed by atoms with Crippen molar-refractivity contribution in [2.45, 2.75) is 24.9 Å². The number of fused-ring (bicyclic) bond motifs is 4. The van der Waals surface area contributed by atoms with Crippen LogP contribution >= 0.6 is 0 Å². The average molecular weight is 309 g/mol. The monoisotopic (exact) mass is 309 g/mol. The summed E-state index contributed by atoms with van der Waals surface area (Å²) < 4.78 is 0. The topological polar surface area (TPSA) is 62.4 Å². The Kier molecular flexibility index (Phi) is 3.58. The van der Waals surface area contributed by atoms with E-state index < -0.39 is 0 Å². The van der Waals surface area contributed by atoms with Crippen molar-refractivity contribution in [1.29, 1.82) is 0 Å². The molecule has 1 aromatic heterocycles. The highest BCUT2D eigenvalue weighted by molar-refractivity contribution is 5.83. The number of hydrogen-bond acceptors (Lipinski definition) is 4. The van der Waals surface area contributed by atoms with Crippen LogP contribution in [0.4, 0.5) is 0 Å². The average Bonchev–Trinajstić information content (AvgIpc) is 2.60. The summed E-state index contributed by atoms with van der Waals surface area (Å²) in [4.78, 5) is 6.91. The minimum atomic E-state index is -0.0594. The highest BCUT2D eigenvalue weighted by Crippen LogP contribution is 2.41. The van der Waals surface area contributed by atoms with Gasteiger partial charge in [-0.15, -0.1) is 6.58 Å². The van der Waals surface area contributed by atoms with Gasteiger partial charge in [0.1, 0.15) is 5.75 Å². The molecule has 0 spiro atoms. The second-order valence-corrected chi connectivity index (χ2v) is 6.87. The third-order valence-electron chi connectivity index (χ3n) is 5.69. The van der Waals surface area contributed by atoms with E-state index >= 15 is 0 Å². The molecule has 4 nitrogen and oxygen atoms in total. The number of aromatic nitrogens is 1. The van der Waals surface area contributed by atoms with E-state index in [1.807, 2.05) is 18.3 Å². The number of pyridine rings is 1. The second-order valence-electron chi connectivity index (χ2n) is 6.87. The molecule has 0 radical (unpaired) electrons. The Morgan fingerprint density at radius 2 is 2.26 bits per heavy atom. The fraction of sp³-hybridized carbons (Fsp3) is 0.421. The van der Waals surface area contributed by atoms with Crippen LogP contribution in [0.5, 0.6) is 5.75 Å². The molecule has 3 N–H and O–H groups in total. The Balaban J connectivity index is 1.69. The lowest BCUT2D eigenvalue weighted by Crippen LogP contribution is -2.56. The maximum atomic E-state index is 9.83. The van der Waals surface area contributed by atoms with Crippen LogP contribution in [0.25, 0.3) is 10.9 Å². The van der Waals surface area contributed by atoms with E-state index in [1.54, 1.807) is 12.1 Å². The van der Waals surface area contributed by atoms with Gasteiger partial charge >= 0.3 is 0 Å². The summed E-state index contributed by atoms with van der Waals surface area (Å²) in [6, 6.07) is 7.60. The number of rotatable bonds is 3. The van der Waals surface area contributed by atoms with Crippen molar-refractivity contribution in [2.24, 2.45) is 17.6 Å². The smallest absolute Gasteiger partial charge is 0.116 e. The van der Waals surface area contributed by atoms with Gasteiger partial charge in [0.2, 0.25) is 0 Å². The lowest BCUT2D eigenvalue weighted by Gasteiger charge is -2.51. The predicted molar refractivity (Wildman–Crippen MR) is 92.1 cm³/mol. The Labute approximate surface area is 136 Å². The zero-order valence-corrected chi connectivity index (χ0v) is 13.2. The van der Waals surface area contributed by atoms with Gasteiger partial charge in [-0.3, -0.25) is 9.88 Å². The number of piperidine rings is 3. The summed E-state index contributed by atoms with van der Waals surface area (Å²) >= 11 is 0. The third-order valence-corrected chi connectivity index (χ3v) is 5.69. The van der Waals surface area contributed by atoms with Crippen LogP contribution in [0.15, 0.2) is 43.1 Å². The SMILES string of the molecule is C=CC1CN2CCC1CC2[C@H](N)c1ccnc2ccc(O)cc12. The number of benzene rings is 1. The first kappa shape index (κ1) is 14.7. The van der Waals surface area contributed by atoms with Gasteiger partial charge in [-0.1, -0.05) is 6.08 Å². The van der Waals surface area contributed by atoms with E-state index in [1.165, 1.54) is 6.42 Å². The van der Waals surface area contributed by atoms with Gasteiger partial charge in [0.05, 0.1) is 5.52 Å². The molecule has 23 heavy (non-hydrogen) atoms. The molecule has 3 aliphatic heterocycles. The van der Waals surface area contributed by atoms with Gasteiger partial charge in [0.25, 0.3) is 0 Å². The number of nitrogens with two attached hydrogens (primary N) is 1. The van der Waals surface area contributed by atoms with Crippen LogP contribution in [0, 0.1) is 11.8 Å². The van der Waals surface area contributed by atoms with Gasteiger partial charge in [-0.2, -0.15) is 0 Å². The van der Waals surface area contributed by atoms with Crippen LogP contribution in [-0.2, 0) is 0 Å². The first-order valence-electron chi connectivity index (χ1n) is 8.37. The van der Waals surface area contributed by atoms with E-state index in [4.69, 9.17) is 5.73 Å². The Morgan fingerprint density at radius 3 is 3.00 bits per heavy atom. The maximum Gasteiger partial charge on any atom is 0.116 e. The van der Waals surface area contributed by atoms with Crippen molar-refractivity contribution in [2.75, 3.05) is 13.1 Å². The minimum Gasteiger partial charge on any atom is -0.508 e. The van der Waals surface area contributed by atoms with Crippen molar-refractivity contribution in [3.05, 3.63) is 48.7 Å². The normalized spacial score (nSPS) is 31.2. The molecule has 3 fully saturated rings. The zero-order chi connectivity index (χ0) is 16.0. The first-order chi connectivity index (χ1) is 11.2. The van der Waals surface area contributed by atoms with E-state index in [-0.39, 0.29) is 11.8 Å². The molecule has 0 aliphatic carbocycles. The van der Waals surface area contributed by atoms with E-state index in [9.17, 15) is 5.11 Å². The number of nitrogens with zero attached hydrogens (tertiary/aromatic N) is 2. The van der Waals surface area contributed by atoms with Crippen LogP contribution in [0.3, 0.4) is 0 Å². The molecular weight excluding hydrogens is 286 g/mol. The molecule has 1 aromatic carbocycles. The Hall–Kier alpha value is -1.91. The van der Waals surface area contributed by atoms with E-state index in [0.29, 0.717) is 17.9 Å². The van der Waals surface area contributed by atoms with Crippen molar-refractivity contribution in [1.82, 2.24) is 9.88 Å². The summed E-state index contributed by atoms with van der Waals surface area (Å²) in [5.41, 5.74) is 8.65. The van der Waals surface area contributed by atoms with E-state index in [2.05, 4.69) is 22.5 Å². The fourth-order valence-corrected chi connectivity index (χ4v) is 4.40. The summed E-state index contributed by atoms with van der Waals surface area (Å²) in [5.74, 6) is 1.57. The molecule has 5 atom stereocenters. The van der Waals surface area contributed by atoms with E-state index in [0.717, 1.165) is 36.0 Å². The number of aromatic hydroxyl groups is 1. The van der Waals surface area contributed by atoms with Gasteiger partial charge in [-0.25, -0.2) is 0 Å². The highest BCUT2D eigenvalue weighted by atomic mass is 16.3. The zero-order valence-electron chi connectivity index (χ0n) is 13.2. The van der Waals surface area contributed by atoms with Gasteiger partial charge < -0.3 is 10.8 Å². The fourth-order valence-electron chi connectivity index (χ4n) is 4.40. The van der Waals surface area contributed by atoms with Crippen LogP contribution < -0.4 is 5.73 Å². The quantitative estimate of drug-likeness (QED) is 0.856. The highest BCUT2D eigenvalue weighted by Gasteiger charge is 2.41. The summed E-state index contributed by atoms with van der Waals surface area (Å²) in [7, 11) is 0. The molecule has 2 bridgehead atoms. The van der Waals surface area contributed by atoms with Crippen LogP contribution in [-0.4, -0.2) is 34.1 Å². The van der Waals surface area contributed by atoms with Crippen molar-refractivity contribution in [3.8, 4) is 5.75 Å². The summed E-state index contributed by atoms with van der Waals surface area (Å²) in [6.07, 6.45) is 6.30. The largest absolute Gasteiger partial charge is 0.508 e. The molecule has 0 amide bonds. The molecular formula is C19H23N3O. The second kappa shape index (κ2) is 5.62. The Morgan fingerprint density at radius 1 is 1.39 bits per heavy atom. The maximum absolute atomic E-state index is 9.83. The molecule has 2 aromatic rings. The number of hydrogen-bond donors (Lipinski definition) is 2. The summed E-state index contributed by atoms with van der Waals surface area (Å²) in [5, 5.41) is 10.8. The Bertz CT molecular complexity index is 744. The van der Waals surface area contributed by atoms with Crippen molar-refractivity contribution >= 4 is 10.9 Å². The number of phenols is 1. The molecule has 4 heterocycles. The molecule has 5 rings (SSSR count). The van der Waals surface area contributed by atoms with Gasteiger partial charge in [0, 0.05) is 30.2 Å². The van der Waals surface area contributed by atoms with Crippen molar-refractivity contribution in [3.63, 3.8) is 0 Å².